The zero-order chi connectivity index (χ0) is 40.7. The van der Waals surface area contributed by atoms with E-state index in [1.807, 2.05) is 12.1 Å². The maximum absolute atomic E-state index is 5.25. The monoisotopic (exact) mass is 788 g/mol. The van der Waals surface area contributed by atoms with Crippen LogP contribution in [0.25, 0.3) is 121 Å². The van der Waals surface area contributed by atoms with E-state index in [9.17, 15) is 0 Å². The molecule has 0 saturated heterocycles. The summed E-state index contributed by atoms with van der Waals surface area (Å²) in [5.41, 5.74) is 13.2. The summed E-state index contributed by atoms with van der Waals surface area (Å²) in [4.78, 5) is 10.4. The summed E-state index contributed by atoms with van der Waals surface area (Å²) in [6.07, 6.45) is 0. The van der Waals surface area contributed by atoms with Gasteiger partial charge in [0.15, 0.2) is 5.82 Å². The number of aromatic nitrogens is 4. The predicted octanol–water partition coefficient (Wildman–Crippen LogP) is 15.1. The third-order valence-corrected chi connectivity index (χ3v) is 12.7. The molecule has 10 aromatic carbocycles. The van der Waals surface area contributed by atoms with Gasteiger partial charge in [0.05, 0.1) is 33.3 Å². The standard InChI is InChI=1S/C58H36N4/c1-3-16-37(17-4-1)38-30-32-41(33-31-38)62-52-35-34-51-53(55(52)54-45-24-9-7-22-43(45)44-23-8-10-25-46(44)57(54)62)48-27-12-14-29-50(48)61(51)42-21-15-20-40(36-42)58-59-49-28-13-11-26-47(49)56(60-58)39-18-5-2-6-19-39/h1-36H. The molecule has 0 fully saturated rings. The highest BCUT2D eigenvalue weighted by Gasteiger charge is 2.24. The van der Waals surface area contributed by atoms with E-state index in [2.05, 4.69) is 215 Å². The lowest BCUT2D eigenvalue weighted by molar-refractivity contribution is 1.17. The average Bonchev–Trinajstić information content (AvgIpc) is 3.88. The molecule has 0 unspecified atom stereocenters. The van der Waals surface area contributed by atoms with Crippen LogP contribution in [0.5, 0.6) is 0 Å². The van der Waals surface area contributed by atoms with E-state index in [1.165, 1.54) is 65.3 Å². The van der Waals surface area contributed by atoms with Crippen LogP contribution in [-0.4, -0.2) is 19.1 Å². The van der Waals surface area contributed by atoms with Crippen LogP contribution in [-0.2, 0) is 0 Å². The van der Waals surface area contributed by atoms with Gasteiger partial charge in [-0.15, -0.1) is 0 Å². The fraction of sp³-hybridized carbons (Fsp3) is 0. The highest BCUT2D eigenvalue weighted by Crippen LogP contribution is 2.47. The molecule has 0 radical (unpaired) electrons. The molecule has 62 heavy (non-hydrogen) atoms. The van der Waals surface area contributed by atoms with Crippen molar-refractivity contribution in [2.24, 2.45) is 0 Å². The van der Waals surface area contributed by atoms with Crippen LogP contribution in [0.2, 0.25) is 0 Å². The molecule has 288 valence electrons. The maximum Gasteiger partial charge on any atom is 0.160 e. The van der Waals surface area contributed by atoms with Crippen molar-refractivity contribution in [1.82, 2.24) is 19.1 Å². The molecular formula is C58H36N4. The summed E-state index contributed by atoms with van der Waals surface area (Å²) < 4.78 is 4.93. The number of hydrogen-bond donors (Lipinski definition) is 0. The van der Waals surface area contributed by atoms with E-state index in [4.69, 9.17) is 9.97 Å². The van der Waals surface area contributed by atoms with Crippen molar-refractivity contribution in [3.63, 3.8) is 0 Å². The highest BCUT2D eigenvalue weighted by molar-refractivity contribution is 6.38. The Morgan fingerprint density at radius 2 is 0.855 bits per heavy atom. The van der Waals surface area contributed by atoms with Crippen molar-refractivity contribution < 1.29 is 0 Å². The van der Waals surface area contributed by atoms with Gasteiger partial charge in [-0.25, -0.2) is 9.97 Å². The number of hydrogen-bond acceptors (Lipinski definition) is 2. The summed E-state index contributed by atoms with van der Waals surface area (Å²) in [6, 6.07) is 78.5. The topological polar surface area (TPSA) is 35.6 Å². The molecule has 0 saturated carbocycles. The second-order valence-electron chi connectivity index (χ2n) is 16.1. The predicted molar refractivity (Wildman–Crippen MR) is 260 cm³/mol. The lowest BCUT2D eigenvalue weighted by atomic mass is 9.95. The Balaban J connectivity index is 1.10. The lowest BCUT2D eigenvalue weighted by Crippen LogP contribution is -1.98. The number of para-hydroxylation sites is 2. The van der Waals surface area contributed by atoms with Gasteiger partial charge < -0.3 is 9.13 Å². The van der Waals surface area contributed by atoms with Gasteiger partial charge in [-0.3, -0.25) is 0 Å². The number of benzene rings is 10. The van der Waals surface area contributed by atoms with Gasteiger partial charge >= 0.3 is 0 Å². The quantitative estimate of drug-likeness (QED) is 0.163. The number of rotatable bonds is 5. The molecule has 3 aromatic heterocycles. The van der Waals surface area contributed by atoms with Crippen LogP contribution in [0.15, 0.2) is 218 Å². The second-order valence-corrected chi connectivity index (χ2v) is 16.1. The van der Waals surface area contributed by atoms with Crippen LogP contribution >= 0.6 is 0 Å². The third-order valence-electron chi connectivity index (χ3n) is 12.7. The minimum atomic E-state index is 0.701. The van der Waals surface area contributed by atoms with Gasteiger partial charge in [-0.1, -0.05) is 170 Å². The number of fused-ring (bicyclic) bond motifs is 13. The molecule has 0 atom stereocenters. The van der Waals surface area contributed by atoms with E-state index < -0.39 is 0 Å². The molecule has 13 rings (SSSR count). The van der Waals surface area contributed by atoms with Crippen molar-refractivity contribution in [3.8, 4) is 45.1 Å². The molecule has 0 spiro atoms. The van der Waals surface area contributed by atoms with E-state index >= 15 is 0 Å². The summed E-state index contributed by atoms with van der Waals surface area (Å²) in [5, 5.41) is 11.0. The Kier molecular flexibility index (Phi) is 7.57. The first-order valence-electron chi connectivity index (χ1n) is 21.2. The molecule has 3 heterocycles. The van der Waals surface area contributed by atoms with Crippen molar-refractivity contribution in [1.29, 1.82) is 0 Å². The normalized spacial score (nSPS) is 11.9. The van der Waals surface area contributed by atoms with E-state index in [-0.39, 0.29) is 0 Å². The lowest BCUT2D eigenvalue weighted by Gasteiger charge is -2.13. The van der Waals surface area contributed by atoms with Crippen molar-refractivity contribution in [3.05, 3.63) is 218 Å². The largest absolute Gasteiger partial charge is 0.309 e. The van der Waals surface area contributed by atoms with Gasteiger partial charge in [0.1, 0.15) is 0 Å². The third kappa shape index (κ3) is 5.14. The fourth-order valence-electron chi connectivity index (χ4n) is 10.0. The van der Waals surface area contributed by atoms with Gasteiger partial charge in [-0.05, 0) is 75.8 Å². The Labute approximate surface area is 357 Å². The fourth-order valence-corrected chi connectivity index (χ4v) is 10.0. The van der Waals surface area contributed by atoms with E-state index in [0.29, 0.717) is 5.82 Å². The minimum Gasteiger partial charge on any atom is -0.309 e. The Morgan fingerprint density at radius 1 is 0.290 bits per heavy atom. The zero-order valence-corrected chi connectivity index (χ0v) is 33.6. The molecule has 13 aromatic rings. The first kappa shape index (κ1) is 34.5. The van der Waals surface area contributed by atoms with E-state index in [1.54, 1.807) is 0 Å². The smallest absolute Gasteiger partial charge is 0.160 e. The van der Waals surface area contributed by atoms with Crippen LogP contribution in [0.1, 0.15) is 0 Å². The first-order valence-corrected chi connectivity index (χ1v) is 21.2. The van der Waals surface area contributed by atoms with Crippen LogP contribution < -0.4 is 0 Å². The molecular weight excluding hydrogens is 753 g/mol. The molecule has 0 aliphatic rings. The van der Waals surface area contributed by atoms with Crippen LogP contribution in [0.3, 0.4) is 0 Å². The Hall–Kier alpha value is -8.34. The van der Waals surface area contributed by atoms with Crippen molar-refractivity contribution >= 4 is 76.1 Å². The molecule has 0 aliphatic carbocycles. The van der Waals surface area contributed by atoms with Gasteiger partial charge in [0, 0.05) is 54.8 Å². The summed E-state index contributed by atoms with van der Waals surface area (Å²) in [7, 11) is 0. The maximum atomic E-state index is 5.25. The van der Waals surface area contributed by atoms with Crippen LogP contribution in [0, 0.1) is 0 Å². The van der Waals surface area contributed by atoms with Gasteiger partial charge in [-0.2, -0.15) is 0 Å². The number of nitrogens with zero attached hydrogens (tertiary/aromatic N) is 4. The molecule has 4 nitrogen and oxygen atoms in total. The Morgan fingerprint density at radius 3 is 1.61 bits per heavy atom. The summed E-state index contributed by atoms with van der Waals surface area (Å²) in [5.74, 6) is 0.701. The first-order chi connectivity index (χ1) is 30.8. The molecule has 0 amide bonds. The summed E-state index contributed by atoms with van der Waals surface area (Å²) in [6.45, 7) is 0. The summed E-state index contributed by atoms with van der Waals surface area (Å²) >= 11 is 0. The van der Waals surface area contributed by atoms with Crippen LogP contribution in [0.4, 0.5) is 0 Å². The second kappa shape index (κ2) is 13.6. The molecule has 4 heteroatoms. The SMILES string of the molecule is c1ccc(-c2ccc(-n3c4ccc5c(c6ccccc6n5-c5cccc(-c6nc(-c7ccccc7)c7ccccc7n6)c5)c4c4c5ccccc5c5ccccc5c43)cc2)cc1. The van der Waals surface area contributed by atoms with Crippen molar-refractivity contribution in [2.75, 3.05) is 0 Å². The highest BCUT2D eigenvalue weighted by atomic mass is 15.0. The average molecular weight is 789 g/mol. The van der Waals surface area contributed by atoms with E-state index in [0.717, 1.165) is 50.1 Å². The molecule has 0 aliphatic heterocycles. The zero-order valence-electron chi connectivity index (χ0n) is 33.6. The van der Waals surface area contributed by atoms with Gasteiger partial charge in [0.25, 0.3) is 0 Å². The minimum absolute atomic E-state index is 0.701. The molecule has 0 bridgehead atoms. The molecule has 0 N–H and O–H groups in total. The van der Waals surface area contributed by atoms with Crippen molar-refractivity contribution in [2.45, 2.75) is 0 Å². The Bertz CT molecular complexity index is 3900. The van der Waals surface area contributed by atoms with Gasteiger partial charge in [0.2, 0.25) is 0 Å².